The minimum Gasteiger partial charge on any atom is -0.507 e. The van der Waals surface area contributed by atoms with Crippen LogP contribution in [0.1, 0.15) is 16.8 Å². The number of aromatic nitrogens is 1. The molecule has 2 heterocycles. The van der Waals surface area contributed by atoms with Gasteiger partial charge in [0.25, 0.3) is 0 Å². The molecular formula is C22H23ClN2O6. The molecule has 1 aromatic heterocycles. The number of nitrogens with zero attached hydrogens (tertiary/aromatic N) is 2. The predicted molar refractivity (Wildman–Crippen MR) is 114 cm³/mol. The van der Waals surface area contributed by atoms with E-state index in [9.17, 15) is 10.2 Å². The first-order valence-electron chi connectivity index (χ1n) is 9.65. The van der Waals surface area contributed by atoms with Gasteiger partial charge in [-0.3, -0.25) is 4.90 Å². The van der Waals surface area contributed by atoms with Crippen molar-refractivity contribution in [1.82, 2.24) is 10.1 Å². The highest BCUT2D eigenvalue weighted by molar-refractivity contribution is 6.32. The fourth-order valence-corrected chi connectivity index (χ4v) is 4.00. The van der Waals surface area contributed by atoms with Crippen molar-refractivity contribution in [3.05, 3.63) is 46.1 Å². The summed E-state index contributed by atoms with van der Waals surface area (Å²) in [6.45, 7) is 2.00. The molecule has 0 unspecified atom stereocenters. The van der Waals surface area contributed by atoms with Gasteiger partial charge >= 0.3 is 0 Å². The van der Waals surface area contributed by atoms with E-state index in [0.29, 0.717) is 48.1 Å². The normalized spacial score (nSPS) is 13.7. The van der Waals surface area contributed by atoms with E-state index in [0.717, 1.165) is 23.4 Å². The van der Waals surface area contributed by atoms with Gasteiger partial charge in [-0.15, -0.1) is 0 Å². The lowest BCUT2D eigenvalue weighted by Gasteiger charge is -2.27. The van der Waals surface area contributed by atoms with Crippen molar-refractivity contribution in [2.24, 2.45) is 0 Å². The largest absolute Gasteiger partial charge is 0.507 e. The molecule has 1 aliphatic rings. The lowest BCUT2D eigenvalue weighted by atomic mass is 10.00. The summed E-state index contributed by atoms with van der Waals surface area (Å²) in [5, 5.41) is 24.3. The highest BCUT2D eigenvalue weighted by Crippen LogP contribution is 2.41. The van der Waals surface area contributed by atoms with Crippen LogP contribution in [0.3, 0.4) is 0 Å². The Morgan fingerprint density at radius 1 is 1.03 bits per heavy atom. The fraction of sp³-hybridized carbons (Fsp3) is 0.318. The Kier molecular flexibility index (Phi) is 5.84. The van der Waals surface area contributed by atoms with Gasteiger partial charge < -0.3 is 28.9 Å². The lowest BCUT2D eigenvalue weighted by Crippen LogP contribution is -2.30. The summed E-state index contributed by atoms with van der Waals surface area (Å²) < 4.78 is 21.9. The Morgan fingerprint density at radius 2 is 1.74 bits per heavy atom. The molecular weight excluding hydrogens is 424 g/mol. The third kappa shape index (κ3) is 3.96. The Balaban J connectivity index is 1.62. The second-order valence-corrected chi connectivity index (χ2v) is 7.66. The van der Waals surface area contributed by atoms with E-state index < -0.39 is 0 Å². The Bertz CT molecular complexity index is 1090. The van der Waals surface area contributed by atoms with E-state index in [1.165, 1.54) is 12.1 Å². The maximum absolute atomic E-state index is 10.3. The molecule has 164 valence electrons. The Hall–Kier alpha value is -3.10. The fourth-order valence-electron chi connectivity index (χ4n) is 3.83. The quantitative estimate of drug-likeness (QED) is 0.586. The summed E-state index contributed by atoms with van der Waals surface area (Å²) in [6.07, 6.45) is 0.704. The number of phenolic OH excluding ortho intramolecular Hbond substituents is 2. The number of rotatable bonds is 6. The average molecular weight is 447 g/mol. The van der Waals surface area contributed by atoms with Crippen LogP contribution >= 0.6 is 11.6 Å². The zero-order valence-electron chi connectivity index (χ0n) is 17.4. The second-order valence-electron chi connectivity index (χ2n) is 7.25. The van der Waals surface area contributed by atoms with E-state index in [4.69, 9.17) is 30.3 Å². The maximum Gasteiger partial charge on any atom is 0.203 e. The highest BCUT2D eigenvalue weighted by atomic mass is 35.5. The van der Waals surface area contributed by atoms with Gasteiger partial charge in [0.2, 0.25) is 5.75 Å². The van der Waals surface area contributed by atoms with Crippen molar-refractivity contribution in [1.29, 1.82) is 0 Å². The Labute approximate surface area is 184 Å². The molecule has 0 aliphatic carbocycles. The summed E-state index contributed by atoms with van der Waals surface area (Å²) in [4.78, 5) is 2.24. The van der Waals surface area contributed by atoms with E-state index >= 15 is 0 Å². The zero-order chi connectivity index (χ0) is 22.1. The number of ether oxygens (including phenoxy) is 3. The number of methoxy groups -OCH3 is 3. The van der Waals surface area contributed by atoms with Gasteiger partial charge in [-0.1, -0.05) is 16.8 Å². The monoisotopic (exact) mass is 446 g/mol. The number of hydrogen-bond donors (Lipinski definition) is 2. The van der Waals surface area contributed by atoms with E-state index in [1.807, 2.05) is 12.1 Å². The highest BCUT2D eigenvalue weighted by Gasteiger charge is 2.27. The van der Waals surface area contributed by atoms with Crippen LogP contribution in [-0.4, -0.2) is 48.1 Å². The number of halogens is 1. The number of aromatic hydroxyl groups is 2. The van der Waals surface area contributed by atoms with Crippen LogP contribution in [0.5, 0.6) is 28.7 Å². The summed E-state index contributed by atoms with van der Waals surface area (Å²) in [7, 11) is 4.75. The molecule has 2 aromatic carbocycles. The van der Waals surface area contributed by atoms with Crippen molar-refractivity contribution in [2.45, 2.75) is 19.5 Å². The molecule has 2 N–H and O–H groups in total. The number of phenols is 2. The van der Waals surface area contributed by atoms with Crippen LogP contribution in [-0.2, 0) is 19.5 Å². The maximum atomic E-state index is 10.3. The molecule has 0 fully saturated rings. The topological polar surface area (TPSA) is 97.4 Å². The summed E-state index contributed by atoms with van der Waals surface area (Å²) in [5.41, 5.74) is 3.13. The minimum absolute atomic E-state index is 0.123. The molecule has 0 saturated carbocycles. The molecule has 0 bridgehead atoms. The van der Waals surface area contributed by atoms with E-state index in [2.05, 4.69) is 10.1 Å². The smallest absolute Gasteiger partial charge is 0.203 e. The Morgan fingerprint density at radius 3 is 2.39 bits per heavy atom. The van der Waals surface area contributed by atoms with Crippen LogP contribution in [0, 0.1) is 0 Å². The van der Waals surface area contributed by atoms with Crippen molar-refractivity contribution < 1.29 is 28.9 Å². The summed E-state index contributed by atoms with van der Waals surface area (Å²) >= 11 is 6.04. The van der Waals surface area contributed by atoms with Crippen LogP contribution in [0.25, 0.3) is 11.3 Å². The van der Waals surface area contributed by atoms with Gasteiger partial charge in [-0.2, -0.15) is 0 Å². The molecule has 1 aliphatic heterocycles. The molecule has 9 heteroatoms. The summed E-state index contributed by atoms with van der Waals surface area (Å²) in [6, 6.07) is 6.53. The first-order chi connectivity index (χ1) is 14.9. The number of fused-ring (bicyclic) bond motifs is 1. The van der Waals surface area contributed by atoms with Gasteiger partial charge in [0.1, 0.15) is 11.5 Å². The second kappa shape index (κ2) is 8.56. The van der Waals surface area contributed by atoms with Crippen molar-refractivity contribution in [3.63, 3.8) is 0 Å². The summed E-state index contributed by atoms with van der Waals surface area (Å²) in [5.74, 6) is 1.88. The zero-order valence-corrected chi connectivity index (χ0v) is 18.2. The van der Waals surface area contributed by atoms with Crippen LogP contribution in [0.15, 0.2) is 28.8 Å². The average Bonchev–Trinajstić information content (AvgIpc) is 3.18. The van der Waals surface area contributed by atoms with E-state index in [-0.39, 0.29) is 16.5 Å². The third-order valence-corrected chi connectivity index (χ3v) is 5.66. The van der Waals surface area contributed by atoms with Gasteiger partial charge in [-0.05, 0) is 23.8 Å². The van der Waals surface area contributed by atoms with E-state index in [1.54, 1.807) is 21.3 Å². The van der Waals surface area contributed by atoms with Crippen molar-refractivity contribution in [2.75, 3.05) is 27.9 Å². The molecule has 4 rings (SSSR count). The van der Waals surface area contributed by atoms with Crippen molar-refractivity contribution >= 4 is 11.6 Å². The van der Waals surface area contributed by atoms with Gasteiger partial charge in [-0.25, -0.2) is 0 Å². The third-order valence-electron chi connectivity index (χ3n) is 5.36. The number of hydrogen-bond acceptors (Lipinski definition) is 8. The molecule has 3 aromatic rings. The van der Waals surface area contributed by atoms with Gasteiger partial charge in [0.15, 0.2) is 17.3 Å². The molecule has 0 saturated heterocycles. The molecule has 0 atom stereocenters. The number of benzene rings is 2. The molecule has 0 amide bonds. The SMILES string of the molecule is COc1cc(CN2CCc3noc(-c4cc(Cl)c(O)cc4O)c3C2)cc(OC)c1OC. The van der Waals surface area contributed by atoms with Crippen LogP contribution < -0.4 is 14.2 Å². The van der Waals surface area contributed by atoms with Gasteiger partial charge in [0.05, 0.1) is 37.6 Å². The standard InChI is InChI=1S/C22H23ClN2O6/c1-28-19-6-12(7-20(29-2)22(19)30-3)10-25-5-4-16-14(11-25)21(31-24-16)13-8-15(23)18(27)9-17(13)26/h6-9,26-27H,4-5,10-11H2,1-3H3. The van der Waals surface area contributed by atoms with Crippen LogP contribution in [0.2, 0.25) is 5.02 Å². The lowest BCUT2D eigenvalue weighted by molar-refractivity contribution is 0.243. The predicted octanol–water partition coefficient (Wildman–Crippen LogP) is 3.99. The van der Waals surface area contributed by atoms with Gasteiger partial charge in [0, 0.05) is 37.7 Å². The van der Waals surface area contributed by atoms with Crippen molar-refractivity contribution in [3.8, 4) is 40.1 Å². The molecule has 0 radical (unpaired) electrons. The molecule has 8 nitrogen and oxygen atoms in total. The minimum atomic E-state index is -0.194. The first-order valence-corrected chi connectivity index (χ1v) is 10.0. The van der Waals surface area contributed by atoms with Crippen LogP contribution in [0.4, 0.5) is 0 Å². The molecule has 0 spiro atoms. The first kappa shape index (κ1) is 21.1. The molecule has 31 heavy (non-hydrogen) atoms.